The Morgan fingerprint density at radius 1 is 0.846 bits per heavy atom. The zero-order chi connectivity index (χ0) is 18.8. The molecule has 0 bridgehead atoms. The lowest BCUT2D eigenvalue weighted by atomic mass is 10.3. The molecule has 2 aromatic rings. The van der Waals surface area contributed by atoms with Gasteiger partial charge in [-0.3, -0.25) is 0 Å². The van der Waals surface area contributed by atoms with E-state index in [4.69, 9.17) is 20.9 Å². The van der Waals surface area contributed by atoms with Crippen LogP contribution in [-0.4, -0.2) is 18.6 Å². The largest absolute Gasteiger partial charge is 0.329 e. The molecule has 0 radical (unpaired) electrons. The summed E-state index contributed by atoms with van der Waals surface area (Å²) in [5.74, 6) is 0. The van der Waals surface area contributed by atoms with Gasteiger partial charge in [-0.05, 0) is 50.6 Å². The molecule has 1 atom stereocenters. The van der Waals surface area contributed by atoms with Gasteiger partial charge < -0.3 is 9.05 Å². The first kappa shape index (κ1) is 21.7. The summed E-state index contributed by atoms with van der Waals surface area (Å²) in [6.45, 7) is 5.09. The van der Waals surface area contributed by atoms with Crippen LogP contribution in [-0.2, 0) is 20.9 Å². The lowest BCUT2D eigenvalue weighted by molar-refractivity contribution is 0.263. The molecular formula is C21H30O2P2S. The molecule has 1 unspecified atom stereocenters. The Balaban J connectivity index is 2.55. The van der Waals surface area contributed by atoms with E-state index in [-0.39, 0.29) is 5.40 Å². The highest BCUT2D eigenvalue weighted by Gasteiger charge is 2.38. The first-order valence-corrected chi connectivity index (χ1v) is 13.6. The molecule has 0 aliphatic rings. The second-order valence-electron chi connectivity index (χ2n) is 6.04. The summed E-state index contributed by atoms with van der Waals surface area (Å²) in [5.41, 5.74) is 0. The number of benzene rings is 2. The molecule has 2 nitrogen and oxygen atoms in total. The van der Waals surface area contributed by atoms with Crippen molar-refractivity contribution in [2.75, 3.05) is 13.2 Å². The lowest BCUT2D eigenvalue weighted by Gasteiger charge is -2.36. The van der Waals surface area contributed by atoms with E-state index in [1.807, 2.05) is 13.8 Å². The molecule has 0 saturated carbocycles. The molecule has 2 rings (SSSR count). The van der Waals surface area contributed by atoms with Crippen LogP contribution in [0.15, 0.2) is 60.7 Å². The van der Waals surface area contributed by atoms with Crippen molar-refractivity contribution in [2.24, 2.45) is 0 Å². The van der Waals surface area contributed by atoms with Gasteiger partial charge in [0.15, 0.2) is 6.49 Å². The maximum Gasteiger partial charge on any atom is 0.196 e. The SMILES string of the molecule is CCCCC(P(c1ccccc1)c1ccccc1)P(=S)(OCC)OCC. The fourth-order valence-electron chi connectivity index (χ4n) is 3.05. The quantitative estimate of drug-likeness (QED) is 0.424. The van der Waals surface area contributed by atoms with Gasteiger partial charge in [0.1, 0.15) is 0 Å². The van der Waals surface area contributed by atoms with Crippen molar-refractivity contribution in [3.05, 3.63) is 60.7 Å². The third kappa shape index (κ3) is 5.72. The van der Waals surface area contributed by atoms with E-state index in [9.17, 15) is 0 Å². The topological polar surface area (TPSA) is 18.5 Å². The predicted molar refractivity (Wildman–Crippen MR) is 120 cm³/mol. The minimum atomic E-state index is -2.38. The summed E-state index contributed by atoms with van der Waals surface area (Å²) in [6, 6.07) is 21.6. The molecule has 26 heavy (non-hydrogen) atoms. The second-order valence-corrected chi connectivity index (χ2v) is 12.6. The van der Waals surface area contributed by atoms with Gasteiger partial charge in [-0.2, -0.15) is 0 Å². The molecule has 0 N–H and O–H groups in total. The van der Waals surface area contributed by atoms with Crippen LogP contribution in [0.4, 0.5) is 0 Å². The number of rotatable bonds is 11. The average Bonchev–Trinajstić information content (AvgIpc) is 2.67. The molecule has 142 valence electrons. The summed E-state index contributed by atoms with van der Waals surface area (Å²) < 4.78 is 12.3. The van der Waals surface area contributed by atoms with Crippen LogP contribution in [0.1, 0.15) is 40.0 Å². The monoisotopic (exact) mass is 408 g/mol. The summed E-state index contributed by atoms with van der Waals surface area (Å²) >= 11 is 6.09. The van der Waals surface area contributed by atoms with E-state index in [2.05, 4.69) is 67.6 Å². The van der Waals surface area contributed by atoms with E-state index < -0.39 is 14.4 Å². The van der Waals surface area contributed by atoms with E-state index in [1.54, 1.807) is 0 Å². The minimum Gasteiger partial charge on any atom is -0.329 e. The van der Waals surface area contributed by atoms with Crippen molar-refractivity contribution in [1.29, 1.82) is 0 Å². The number of hydrogen-bond acceptors (Lipinski definition) is 3. The van der Waals surface area contributed by atoms with E-state index in [0.29, 0.717) is 13.2 Å². The standard InChI is InChI=1S/C21H30O2P2S/c1-4-7-18-21(25(26,22-5-2)23-6-3)24(19-14-10-8-11-15-19)20-16-12-9-13-17-20/h8-17,21H,4-7,18H2,1-3H3. The lowest BCUT2D eigenvalue weighted by Crippen LogP contribution is -2.23. The van der Waals surface area contributed by atoms with Crippen LogP contribution in [0.5, 0.6) is 0 Å². The molecule has 0 amide bonds. The Hall–Kier alpha value is -0.560. The maximum absolute atomic E-state index is 6.17. The number of hydrogen-bond donors (Lipinski definition) is 0. The van der Waals surface area contributed by atoms with Gasteiger partial charge in [-0.1, -0.05) is 80.4 Å². The van der Waals surface area contributed by atoms with E-state index in [1.165, 1.54) is 10.6 Å². The van der Waals surface area contributed by atoms with Crippen molar-refractivity contribution >= 4 is 36.8 Å². The van der Waals surface area contributed by atoms with Gasteiger partial charge in [-0.15, -0.1) is 0 Å². The average molecular weight is 408 g/mol. The highest BCUT2D eigenvalue weighted by atomic mass is 32.5. The van der Waals surface area contributed by atoms with Crippen LogP contribution in [0.25, 0.3) is 0 Å². The van der Waals surface area contributed by atoms with Crippen LogP contribution in [0.2, 0.25) is 0 Å². The van der Waals surface area contributed by atoms with Crippen molar-refractivity contribution < 1.29 is 9.05 Å². The Morgan fingerprint density at radius 2 is 1.31 bits per heavy atom. The van der Waals surface area contributed by atoms with Crippen molar-refractivity contribution in [1.82, 2.24) is 0 Å². The molecule has 0 saturated heterocycles. The molecule has 0 aliphatic carbocycles. The zero-order valence-electron chi connectivity index (χ0n) is 16.0. The van der Waals surface area contributed by atoms with Crippen LogP contribution in [0.3, 0.4) is 0 Å². The van der Waals surface area contributed by atoms with Crippen molar-refractivity contribution in [2.45, 2.75) is 45.4 Å². The fraction of sp³-hybridized carbons (Fsp3) is 0.429. The van der Waals surface area contributed by atoms with Crippen LogP contribution < -0.4 is 10.6 Å². The summed E-state index contributed by atoms with van der Waals surface area (Å²) in [5, 5.41) is 2.93. The summed E-state index contributed by atoms with van der Waals surface area (Å²) in [4.78, 5) is 0. The van der Waals surface area contributed by atoms with Gasteiger partial charge in [0.25, 0.3) is 0 Å². The molecule has 0 spiro atoms. The highest BCUT2D eigenvalue weighted by Crippen LogP contribution is 2.66. The molecule has 0 aromatic heterocycles. The van der Waals surface area contributed by atoms with E-state index in [0.717, 1.165) is 19.3 Å². The number of unbranched alkanes of at least 4 members (excludes halogenated alkanes) is 1. The van der Waals surface area contributed by atoms with Gasteiger partial charge >= 0.3 is 0 Å². The normalized spacial score (nSPS) is 13.1. The zero-order valence-corrected chi connectivity index (χ0v) is 18.6. The fourth-order valence-corrected chi connectivity index (χ4v) is 11.2. The minimum absolute atomic E-state index is 0.233. The van der Waals surface area contributed by atoms with Gasteiger partial charge in [0.05, 0.1) is 18.6 Å². The smallest absolute Gasteiger partial charge is 0.196 e. The first-order valence-electron chi connectivity index (χ1n) is 9.44. The molecule has 0 heterocycles. The van der Waals surface area contributed by atoms with Crippen molar-refractivity contribution in [3.8, 4) is 0 Å². The Kier molecular flexibility index (Phi) is 9.46. The highest BCUT2D eigenvalue weighted by molar-refractivity contribution is 8.13. The van der Waals surface area contributed by atoms with Gasteiger partial charge in [0.2, 0.25) is 0 Å². The third-order valence-corrected chi connectivity index (χ3v) is 12.4. The molecular weight excluding hydrogens is 378 g/mol. The van der Waals surface area contributed by atoms with E-state index >= 15 is 0 Å². The third-order valence-electron chi connectivity index (χ3n) is 4.17. The Bertz CT molecular complexity index is 629. The second kappa shape index (κ2) is 11.3. The summed E-state index contributed by atoms with van der Waals surface area (Å²) in [7, 11) is -0.642. The molecule has 0 aliphatic heterocycles. The predicted octanol–water partition coefficient (Wildman–Crippen LogP) is 6.02. The van der Waals surface area contributed by atoms with Gasteiger partial charge in [-0.25, -0.2) is 0 Å². The molecule has 2 aromatic carbocycles. The molecule has 0 fully saturated rings. The molecule has 5 heteroatoms. The summed E-state index contributed by atoms with van der Waals surface area (Å²) in [6.07, 6.45) is 3.34. The van der Waals surface area contributed by atoms with Gasteiger partial charge in [0, 0.05) is 0 Å². The van der Waals surface area contributed by atoms with Crippen molar-refractivity contribution in [3.63, 3.8) is 0 Å². The Labute approximate surface area is 165 Å². The Morgan fingerprint density at radius 3 is 1.69 bits per heavy atom. The van der Waals surface area contributed by atoms with Crippen LogP contribution in [0, 0.1) is 0 Å². The van der Waals surface area contributed by atoms with Crippen LogP contribution >= 0.6 is 14.4 Å². The maximum atomic E-state index is 6.17. The first-order chi connectivity index (χ1) is 12.7.